The number of amides is 1. The Hall–Kier alpha value is -2.79. The normalized spacial score (nSPS) is 19.2. The first-order valence-electron chi connectivity index (χ1n) is 10.8. The number of hydrogen-bond acceptors (Lipinski definition) is 3. The lowest BCUT2D eigenvalue weighted by Gasteiger charge is -2.28. The molecule has 0 spiro atoms. The van der Waals surface area contributed by atoms with Crippen molar-refractivity contribution >= 4 is 22.6 Å². The molecule has 2 atom stereocenters. The minimum Gasteiger partial charge on any atom is -0.507 e. The van der Waals surface area contributed by atoms with Gasteiger partial charge in [-0.2, -0.15) is 0 Å². The Morgan fingerprint density at radius 1 is 1.23 bits per heavy atom. The van der Waals surface area contributed by atoms with Gasteiger partial charge in [0, 0.05) is 17.0 Å². The van der Waals surface area contributed by atoms with Crippen LogP contribution in [0.5, 0.6) is 5.75 Å². The van der Waals surface area contributed by atoms with E-state index >= 15 is 0 Å². The fraction of sp³-hybridized carbons (Fsp3) is 0.400. The Balaban J connectivity index is 1.73. The predicted molar refractivity (Wildman–Crippen MR) is 119 cm³/mol. The molecule has 4 rings (SSSR count). The second-order valence-corrected chi connectivity index (χ2v) is 8.87. The predicted octanol–water partition coefficient (Wildman–Crippen LogP) is 4.13. The molecule has 3 aromatic rings. The fourth-order valence-electron chi connectivity index (χ4n) is 4.77. The Morgan fingerprint density at radius 2 is 2.03 bits per heavy atom. The molecule has 1 unspecified atom stereocenters. The first kappa shape index (κ1) is 20.5. The van der Waals surface area contributed by atoms with Crippen LogP contribution in [0.15, 0.2) is 34.7 Å². The van der Waals surface area contributed by atoms with Crippen molar-refractivity contribution in [1.82, 2.24) is 0 Å². The number of phenols is 1. The highest BCUT2D eigenvalue weighted by Crippen LogP contribution is 2.34. The van der Waals surface area contributed by atoms with Gasteiger partial charge in [-0.05, 0) is 57.4 Å². The van der Waals surface area contributed by atoms with Crippen LogP contribution >= 0.6 is 0 Å². The summed E-state index contributed by atoms with van der Waals surface area (Å²) in [6.07, 6.45) is 2.45. The zero-order valence-corrected chi connectivity index (χ0v) is 18.3. The lowest BCUT2D eigenvalue weighted by molar-refractivity contribution is -0.922. The van der Waals surface area contributed by atoms with Gasteiger partial charge in [-0.1, -0.05) is 24.6 Å². The second-order valence-electron chi connectivity index (χ2n) is 8.87. The van der Waals surface area contributed by atoms with Crippen molar-refractivity contribution in [2.24, 2.45) is 5.92 Å². The van der Waals surface area contributed by atoms with E-state index in [1.165, 1.54) is 17.7 Å². The first-order valence-corrected chi connectivity index (χ1v) is 10.8. The summed E-state index contributed by atoms with van der Waals surface area (Å²) < 4.78 is 5.93. The molecule has 0 aliphatic carbocycles. The SMILES string of the molecule is Cc1ccc(NC(=O)c2c(C)oc3ccc(O)c(C[NH+]4CCC[C@H](C)C4)c23)c(C)c1. The number of phenolic OH excluding ortho intramolecular Hbond substituents is 1. The van der Waals surface area contributed by atoms with Crippen LogP contribution in [-0.4, -0.2) is 24.1 Å². The highest BCUT2D eigenvalue weighted by atomic mass is 16.3. The van der Waals surface area contributed by atoms with Crippen molar-refractivity contribution in [1.29, 1.82) is 0 Å². The lowest BCUT2D eigenvalue weighted by Crippen LogP contribution is -3.12. The number of likely N-dealkylation sites (tertiary alicyclic amines) is 1. The van der Waals surface area contributed by atoms with Crippen molar-refractivity contribution in [3.63, 3.8) is 0 Å². The van der Waals surface area contributed by atoms with Crippen LogP contribution in [-0.2, 0) is 6.54 Å². The van der Waals surface area contributed by atoms with Gasteiger partial charge in [0.2, 0.25) is 0 Å². The number of quaternary nitrogens is 1. The number of carbonyl (C=O) groups excluding carboxylic acids is 1. The summed E-state index contributed by atoms with van der Waals surface area (Å²) >= 11 is 0. The molecule has 1 aromatic heterocycles. The maximum absolute atomic E-state index is 13.3. The number of benzene rings is 2. The summed E-state index contributed by atoms with van der Waals surface area (Å²) in [5.41, 5.74) is 4.93. The van der Waals surface area contributed by atoms with Crippen molar-refractivity contribution in [2.45, 2.75) is 47.1 Å². The maximum atomic E-state index is 13.3. The first-order chi connectivity index (χ1) is 14.3. The van der Waals surface area contributed by atoms with Crippen molar-refractivity contribution in [2.75, 3.05) is 18.4 Å². The van der Waals surface area contributed by atoms with Gasteiger partial charge in [-0.3, -0.25) is 4.79 Å². The van der Waals surface area contributed by atoms with E-state index < -0.39 is 0 Å². The molecule has 0 bridgehead atoms. The van der Waals surface area contributed by atoms with Crippen molar-refractivity contribution in [3.05, 3.63) is 58.3 Å². The van der Waals surface area contributed by atoms with Gasteiger partial charge >= 0.3 is 0 Å². The lowest BCUT2D eigenvalue weighted by atomic mass is 9.98. The number of rotatable bonds is 4. The molecule has 1 saturated heterocycles. The van der Waals surface area contributed by atoms with Crippen LogP contribution in [0.1, 0.15) is 52.6 Å². The standard InChI is InChI=1S/C25H30N2O3/c1-15-7-8-20(17(3)12-15)26-25(29)23-18(4)30-22-10-9-21(28)19(24(22)23)14-27-11-5-6-16(2)13-27/h7-10,12,16,28H,5-6,11,13-14H2,1-4H3,(H,26,29)/p+1/t16-/m0/s1. The van der Waals surface area contributed by atoms with E-state index in [9.17, 15) is 9.90 Å². The highest BCUT2D eigenvalue weighted by Gasteiger charge is 2.27. The summed E-state index contributed by atoms with van der Waals surface area (Å²) in [4.78, 5) is 14.7. The van der Waals surface area contributed by atoms with Crippen LogP contribution in [0, 0.1) is 26.7 Å². The summed E-state index contributed by atoms with van der Waals surface area (Å²) in [7, 11) is 0. The van der Waals surface area contributed by atoms with Crippen LogP contribution in [0.3, 0.4) is 0 Å². The molecule has 3 N–H and O–H groups in total. The quantitative estimate of drug-likeness (QED) is 0.609. The monoisotopic (exact) mass is 407 g/mol. The van der Waals surface area contributed by atoms with E-state index in [2.05, 4.69) is 12.2 Å². The van der Waals surface area contributed by atoms with Gasteiger partial charge < -0.3 is 19.7 Å². The van der Waals surface area contributed by atoms with E-state index in [-0.39, 0.29) is 11.7 Å². The molecule has 5 heteroatoms. The summed E-state index contributed by atoms with van der Waals surface area (Å²) in [5.74, 6) is 1.27. The second kappa shape index (κ2) is 8.15. The molecular formula is C25H31N2O3+. The van der Waals surface area contributed by atoms with Crippen LogP contribution < -0.4 is 10.2 Å². The molecule has 1 aliphatic heterocycles. The molecule has 0 radical (unpaired) electrons. The number of furan rings is 1. The largest absolute Gasteiger partial charge is 0.507 e. The fourth-order valence-corrected chi connectivity index (χ4v) is 4.77. The van der Waals surface area contributed by atoms with Gasteiger partial charge in [-0.15, -0.1) is 0 Å². The average Bonchev–Trinajstić information content (AvgIpc) is 3.03. The molecule has 2 aromatic carbocycles. The van der Waals surface area contributed by atoms with Crippen LogP contribution in [0.4, 0.5) is 5.69 Å². The third kappa shape index (κ3) is 3.94. The van der Waals surface area contributed by atoms with Gasteiger partial charge in [-0.25, -0.2) is 0 Å². The zero-order valence-electron chi connectivity index (χ0n) is 18.3. The number of aryl methyl sites for hydroxylation is 3. The third-order valence-corrected chi connectivity index (χ3v) is 6.26. The van der Waals surface area contributed by atoms with E-state index in [1.807, 2.05) is 39.0 Å². The van der Waals surface area contributed by atoms with Crippen molar-refractivity contribution < 1.29 is 19.2 Å². The number of anilines is 1. The number of nitrogens with one attached hydrogen (secondary N) is 2. The number of hydrogen-bond donors (Lipinski definition) is 3. The number of fused-ring (bicyclic) bond motifs is 1. The molecule has 1 aliphatic rings. The minimum atomic E-state index is -0.202. The number of carbonyl (C=O) groups is 1. The van der Waals surface area contributed by atoms with Crippen molar-refractivity contribution in [3.8, 4) is 5.75 Å². The average molecular weight is 408 g/mol. The van der Waals surface area contributed by atoms with E-state index in [1.54, 1.807) is 12.1 Å². The molecular weight excluding hydrogens is 376 g/mol. The molecule has 158 valence electrons. The topological polar surface area (TPSA) is 66.9 Å². The molecule has 0 saturated carbocycles. The summed E-state index contributed by atoms with van der Waals surface area (Å²) in [6.45, 7) is 11.0. The number of aromatic hydroxyl groups is 1. The molecule has 5 nitrogen and oxygen atoms in total. The van der Waals surface area contributed by atoms with Gasteiger partial charge in [0.25, 0.3) is 5.91 Å². The maximum Gasteiger partial charge on any atom is 0.259 e. The Bertz CT molecular complexity index is 1100. The molecule has 1 amide bonds. The molecule has 1 fully saturated rings. The summed E-state index contributed by atoms with van der Waals surface area (Å²) in [5, 5.41) is 14.5. The zero-order chi connectivity index (χ0) is 21.4. The van der Waals surface area contributed by atoms with Gasteiger partial charge in [0.1, 0.15) is 23.6 Å². The third-order valence-electron chi connectivity index (χ3n) is 6.26. The number of piperidine rings is 1. The van der Waals surface area contributed by atoms with E-state index in [0.717, 1.165) is 40.9 Å². The Morgan fingerprint density at radius 3 is 2.77 bits per heavy atom. The van der Waals surface area contributed by atoms with Crippen LogP contribution in [0.25, 0.3) is 11.0 Å². The van der Waals surface area contributed by atoms with Crippen LogP contribution in [0.2, 0.25) is 0 Å². The molecule has 2 heterocycles. The Kier molecular flexibility index (Phi) is 5.56. The Labute approximate surface area is 177 Å². The van der Waals surface area contributed by atoms with E-state index in [4.69, 9.17) is 4.42 Å². The smallest absolute Gasteiger partial charge is 0.259 e. The van der Waals surface area contributed by atoms with Gasteiger partial charge in [0.15, 0.2) is 0 Å². The highest BCUT2D eigenvalue weighted by molar-refractivity contribution is 6.14. The minimum absolute atomic E-state index is 0.202. The van der Waals surface area contributed by atoms with Gasteiger partial charge in [0.05, 0.1) is 24.2 Å². The van der Waals surface area contributed by atoms with E-state index in [0.29, 0.717) is 29.4 Å². The molecule has 30 heavy (non-hydrogen) atoms. The summed E-state index contributed by atoms with van der Waals surface area (Å²) in [6, 6.07) is 9.40.